The lowest BCUT2D eigenvalue weighted by Crippen LogP contribution is -2.47. The highest BCUT2D eigenvalue weighted by Crippen LogP contribution is 2.32. The third kappa shape index (κ3) is 5.59. The number of carbonyl (C=O) groups excluding carboxylic acids is 2. The van der Waals surface area contributed by atoms with Crippen molar-refractivity contribution >= 4 is 29.1 Å². The van der Waals surface area contributed by atoms with E-state index in [9.17, 15) is 23.6 Å². The fraction of sp³-hybridized carbons (Fsp3) is 0.192. The molecule has 0 aliphatic carbocycles. The SMILES string of the molecule is CC(C)C(NC(=O)c1c(F)cccc1F)C(=O)Nc1ccc(C(C#N)c2ccccc2)c(Cl)c1. The van der Waals surface area contributed by atoms with Gasteiger partial charge in [-0.3, -0.25) is 9.59 Å². The number of nitriles is 1. The minimum atomic E-state index is -1.07. The third-order valence-electron chi connectivity index (χ3n) is 5.27. The molecule has 2 unspecified atom stereocenters. The molecule has 3 rings (SSSR count). The van der Waals surface area contributed by atoms with Gasteiger partial charge in [0, 0.05) is 10.7 Å². The van der Waals surface area contributed by atoms with Crippen LogP contribution in [-0.2, 0) is 4.79 Å². The van der Waals surface area contributed by atoms with Gasteiger partial charge in [-0.15, -0.1) is 0 Å². The molecule has 3 aromatic carbocycles. The fourth-order valence-corrected chi connectivity index (χ4v) is 3.78. The summed E-state index contributed by atoms with van der Waals surface area (Å²) in [5.74, 6) is -4.62. The number of carbonyl (C=O) groups is 2. The van der Waals surface area contributed by atoms with Crippen molar-refractivity contribution in [3.8, 4) is 6.07 Å². The minimum absolute atomic E-state index is 0.284. The number of amides is 2. The Hall–Kier alpha value is -3.76. The average molecular weight is 482 g/mol. The van der Waals surface area contributed by atoms with E-state index < -0.39 is 41.0 Å². The van der Waals surface area contributed by atoms with Crippen molar-refractivity contribution in [1.29, 1.82) is 5.26 Å². The quantitative estimate of drug-likeness (QED) is 0.456. The fourth-order valence-electron chi connectivity index (χ4n) is 3.49. The molecule has 2 atom stereocenters. The summed E-state index contributed by atoms with van der Waals surface area (Å²) in [4.78, 5) is 25.4. The Morgan fingerprint density at radius 3 is 2.18 bits per heavy atom. The molecule has 0 bridgehead atoms. The molecule has 0 saturated carbocycles. The zero-order chi connectivity index (χ0) is 24.8. The molecule has 0 radical (unpaired) electrons. The van der Waals surface area contributed by atoms with Gasteiger partial charge in [-0.2, -0.15) is 5.26 Å². The van der Waals surface area contributed by atoms with Gasteiger partial charge in [0.25, 0.3) is 5.91 Å². The van der Waals surface area contributed by atoms with Crippen LogP contribution in [0, 0.1) is 28.9 Å². The summed E-state index contributed by atoms with van der Waals surface area (Å²) in [6, 6.07) is 18.2. The predicted molar refractivity (Wildman–Crippen MR) is 126 cm³/mol. The van der Waals surface area contributed by atoms with E-state index in [0.717, 1.165) is 23.8 Å². The van der Waals surface area contributed by atoms with Crippen LogP contribution in [0.3, 0.4) is 0 Å². The smallest absolute Gasteiger partial charge is 0.257 e. The van der Waals surface area contributed by atoms with E-state index in [1.165, 1.54) is 6.07 Å². The zero-order valence-corrected chi connectivity index (χ0v) is 19.2. The van der Waals surface area contributed by atoms with Crippen LogP contribution in [0.25, 0.3) is 0 Å². The second-order valence-corrected chi connectivity index (χ2v) is 8.40. The number of halogens is 3. The topological polar surface area (TPSA) is 82.0 Å². The normalized spacial score (nSPS) is 12.5. The molecule has 0 spiro atoms. The summed E-state index contributed by atoms with van der Waals surface area (Å²) in [6.45, 7) is 3.38. The van der Waals surface area contributed by atoms with Crippen molar-refractivity contribution in [1.82, 2.24) is 5.32 Å². The summed E-state index contributed by atoms with van der Waals surface area (Å²) in [5, 5.41) is 15.0. The number of hydrogen-bond donors (Lipinski definition) is 2. The maximum absolute atomic E-state index is 14.0. The highest BCUT2D eigenvalue weighted by Gasteiger charge is 2.27. The molecule has 0 fully saturated rings. The Morgan fingerprint density at radius 2 is 1.62 bits per heavy atom. The van der Waals surface area contributed by atoms with E-state index in [1.807, 2.05) is 30.3 Å². The molecule has 0 aromatic heterocycles. The summed E-state index contributed by atoms with van der Waals surface area (Å²) in [6.07, 6.45) is 0. The van der Waals surface area contributed by atoms with Crippen LogP contribution < -0.4 is 10.6 Å². The largest absolute Gasteiger partial charge is 0.340 e. The van der Waals surface area contributed by atoms with Crippen molar-refractivity contribution < 1.29 is 18.4 Å². The second-order valence-electron chi connectivity index (χ2n) is 7.99. The average Bonchev–Trinajstić information content (AvgIpc) is 2.79. The number of nitrogens with one attached hydrogen (secondary N) is 2. The van der Waals surface area contributed by atoms with Crippen LogP contribution in [-0.4, -0.2) is 17.9 Å². The van der Waals surface area contributed by atoms with E-state index in [0.29, 0.717) is 11.3 Å². The Kier molecular flexibility index (Phi) is 7.98. The Labute approximate surface area is 201 Å². The molecule has 0 aliphatic heterocycles. The first-order valence-electron chi connectivity index (χ1n) is 10.5. The van der Waals surface area contributed by atoms with Crippen molar-refractivity contribution in [3.63, 3.8) is 0 Å². The van der Waals surface area contributed by atoms with Crippen LogP contribution >= 0.6 is 11.6 Å². The maximum atomic E-state index is 14.0. The molecular formula is C26H22ClF2N3O2. The van der Waals surface area contributed by atoms with E-state index in [-0.39, 0.29) is 10.9 Å². The molecule has 0 saturated heterocycles. The van der Waals surface area contributed by atoms with Gasteiger partial charge in [-0.1, -0.05) is 67.9 Å². The Balaban J connectivity index is 1.78. The summed E-state index contributed by atoms with van der Waals surface area (Å²) in [5.41, 5.74) is 0.959. The highest BCUT2D eigenvalue weighted by molar-refractivity contribution is 6.31. The lowest BCUT2D eigenvalue weighted by molar-refractivity contribution is -0.118. The van der Waals surface area contributed by atoms with Gasteiger partial charge >= 0.3 is 0 Å². The zero-order valence-electron chi connectivity index (χ0n) is 18.5. The first-order valence-corrected chi connectivity index (χ1v) is 10.9. The van der Waals surface area contributed by atoms with E-state index in [1.54, 1.807) is 26.0 Å². The Morgan fingerprint density at radius 1 is 0.971 bits per heavy atom. The lowest BCUT2D eigenvalue weighted by atomic mass is 9.92. The van der Waals surface area contributed by atoms with Crippen LogP contribution in [0.4, 0.5) is 14.5 Å². The molecule has 8 heteroatoms. The van der Waals surface area contributed by atoms with Crippen LogP contribution in [0.5, 0.6) is 0 Å². The number of nitrogens with zero attached hydrogens (tertiary/aromatic N) is 1. The van der Waals surface area contributed by atoms with E-state index >= 15 is 0 Å². The third-order valence-corrected chi connectivity index (χ3v) is 5.59. The van der Waals surface area contributed by atoms with Crippen LogP contribution in [0.1, 0.15) is 41.3 Å². The number of anilines is 1. The molecule has 0 aliphatic rings. The van der Waals surface area contributed by atoms with Gasteiger partial charge in [0.15, 0.2) is 0 Å². The van der Waals surface area contributed by atoms with Gasteiger partial charge in [0.05, 0.1) is 12.0 Å². The van der Waals surface area contributed by atoms with Crippen molar-refractivity contribution in [2.45, 2.75) is 25.8 Å². The molecule has 2 amide bonds. The minimum Gasteiger partial charge on any atom is -0.340 e. The van der Waals surface area contributed by atoms with Crippen molar-refractivity contribution in [3.05, 3.63) is 100 Å². The molecule has 5 nitrogen and oxygen atoms in total. The van der Waals surface area contributed by atoms with Gasteiger partial charge < -0.3 is 10.6 Å². The predicted octanol–water partition coefficient (Wildman–Crippen LogP) is 5.67. The molecule has 174 valence electrons. The number of hydrogen-bond acceptors (Lipinski definition) is 3. The van der Waals surface area contributed by atoms with Gasteiger partial charge in [-0.25, -0.2) is 8.78 Å². The van der Waals surface area contributed by atoms with Crippen molar-refractivity contribution in [2.24, 2.45) is 5.92 Å². The summed E-state index contributed by atoms with van der Waals surface area (Å²) >= 11 is 6.42. The van der Waals surface area contributed by atoms with E-state index in [4.69, 9.17) is 11.6 Å². The van der Waals surface area contributed by atoms with Crippen molar-refractivity contribution in [2.75, 3.05) is 5.32 Å². The molecule has 3 aromatic rings. The maximum Gasteiger partial charge on any atom is 0.257 e. The lowest BCUT2D eigenvalue weighted by Gasteiger charge is -2.22. The van der Waals surface area contributed by atoms with Gasteiger partial charge in [0.2, 0.25) is 5.91 Å². The first kappa shape index (κ1) is 24.9. The second kappa shape index (κ2) is 10.9. The number of rotatable bonds is 7. The standard InChI is InChI=1S/C26H22ClF2N3O2/c1-15(2)24(32-25(33)23-21(28)9-6-10-22(23)29)26(34)31-17-11-12-18(20(27)13-17)19(14-30)16-7-4-3-5-8-16/h3-13,15,19,24H,1-2H3,(H,31,34)(H,32,33). The Bertz CT molecular complexity index is 1220. The van der Waals surface area contributed by atoms with Crippen LogP contribution in [0.15, 0.2) is 66.7 Å². The summed E-state index contributed by atoms with van der Waals surface area (Å²) in [7, 11) is 0. The molecule has 34 heavy (non-hydrogen) atoms. The molecule has 0 heterocycles. The first-order chi connectivity index (χ1) is 16.2. The molecular weight excluding hydrogens is 460 g/mol. The summed E-state index contributed by atoms with van der Waals surface area (Å²) < 4.78 is 27.9. The van der Waals surface area contributed by atoms with E-state index in [2.05, 4.69) is 16.7 Å². The van der Waals surface area contributed by atoms with Gasteiger partial charge in [-0.05, 0) is 41.3 Å². The van der Waals surface area contributed by atoms with Gasteiger partial charge in [0.1, 0.15) is 23.2 Å². The number of benzene rings is 3. The van der Waals surface area contributed by atoms with Crippen LogP contribution in [0.2, 0.25) is 5.02 Å². The molecule has 2 N–H and O–H groups in total. The highest BCUT2D eigenvalue weighted by atomic mass is 35.5. The monoisotopic (exact) mass is 481 g/mol.